The molecule has 0 aliphatic carbocycles. The molecule has 0 saturated carbocycles. The first-order valence-corrected chi connectivity index (χ1v) is 5.20. The van der Waals surface area contributed by atoms with Crippen LogP contribution in [0.25, 0.3) is 0 Å². The van der Waals surface area contributed by atoms with Crippen molar-refractivity contribution < 1.29 is 9.18 Å². The highest BCUT2D eigenvalue weighted by Crippen LogP contribution is 2.23. The summed E-state index contributed by atoms with van der Waals surface area (Å²) in [5, 5.41) is 0. The predicted octanol–water partition coefficient (Wildman–Crippen LogP) is 3.27. The molecule has 0 amide bonds. The molecule has 82 valence electrons. The Bertz CT molecular complexity index is 325. The molecule has 0 heterocycles. The van der Waals surface area contributed by atoms with E-state index in [2.05, 4.69) is 13.8 Å². The van der Waals surface area contributed by atoms with Crippen molar-refractivity contribution in [3.8, 4) is 0 Å². The van der Waals surface area contributed by atoms with E-state index in [-0.39, 0.29) is 0 Å². The van der Waals surface area contributed by atoms with Crippen molar-refractivity contribution in [2.45, 2.75) is 32.9 Å². The first kappa shape index (κ1) is 11.9. The third-order valence-corrected chi connectivity index (χ3v) is 2.38. The molecule has 15 heavy (non-hydrogen) atoms. The summed E-state index contributed by atoms with van der Waals surface area (Å²) in [7, 11) is 0. The molecule has 0 spiro atoms. The van der Waals surface area contributed by atoms with Gasteiger partial charge in [0.1, 0.15) is 0 Å². The second-order valence-electron chi connectivity index (χ2n) is 4.49. The molecule has 1 atom stereocenters. The molecular formula is C13H17FO. The monoisotopic (exact) mass is 208 g/mol. The van der Waals surface area contributed by atoms with Gasteiger partial charge in [0.2, 0.25) is 0 Å². The number of carbonyl (C=O) groups is 1. The molecule has 0 aliphatic rings. The SMILES string of the molecule is CC(C)Cc1ccc(C(C)(F)C=O)cc1. The van der Waals surface area contributed by atoms with E-state index >= 15 is 0 Å². The Labute approximate surface area is 90.3 Å². The Hall–Kier alpha value is -1.18. The Morgan fingerprint density at radius 2 is 1.87 bits per heavy atom. The van der Waals surface area contributed by atoms with E-state index in [1.807, 2.05) is 12.1 Å². The normalized spacial score (nSPS) is 15.0. The second-order valence-corrected chi connectivity index (χ2v) is 4.49. The fourth-order valence-electron chi connectivity index (χ4n) is 1.51. The number of hydrogen-bond acceptors (Lipinski definition) is 1. The van der Waals surface area contributed by atoms with Gasteiger partial charge in [0, 0.05) is 0 Å². The molecule has 0 bridgehead atoms. The number of halogens is 1. The molecule has 0 saturated heterocycles. The topological polar surface area (TPSA) is 17.1 Å². The molecule has 0 aromatic heterocycles. The standard InChI is InChI=1S/C13H17FO/c1-10(2)8-11-4-6-12(7-5-11)13(3,14)9-15/h4-7,9-10H,8H2,1-3H3. The summed E-state index contributed by atoms with van der Waals surface area (Å²) >= 11 is 0. The van der Waals surface area contributed by atoms with E-state index in [9.17, 15) is 9.18 Å². The Kier molecular flexibility index (Phi) is 3.61. The Morgan fingerprint density at radius 3 is 2.27 bits per heavy atom. The summed E-state index contributed by atoms with van der Waals surface area (Å²) in [6, 6.07) is 7.14. The molecule has 2 heteroatoms. The average Bonchev–Trinajstić information content (AvgIpc) is 2.18. The third-order valence-electron chi connectivity index (χ3n) is 2.38. The molecule has 0 radical (unpaired) electrons. The van der Waals surface area contributed by atoms with Crippen LogP contribution < -0.4 is 0 Å². The van der Waals surface area contributed by atoms with Gasteiger partial charge < -0.3 is 0 Å². The van der Waals surface area contributed by atoms with Gasteiger partial charge in [0.15, 0.2) is 12.0 Å². The smallest absolute Gasteiger partial charge is 0.187 e. The minimum absolute atomic E-state index is 0.338. The summed E-state index contributed by atoms with van der Waals surface area (Å²) in [6.07, 6.45) is 1.31. The Balaban J connectivity index is 2.85. The summed E-state index contributed by atoms with van der Waals surface area (Å²) < 4.78 is 13.6. The van der Waals surface area contributed by atoms with Crippen LogP contribution in [0.4, 0.5) is 4.39 Å². The third kappa shape index (κ3) is 3.15. The van der Waals surface area contributed by atoms with Crippen molar-refractivity contribution in [2.24, 2.45) is 5.92 Å². The average molecular weight is 208 g/mol. The van der Waals surface area contributed by atoms with E-state index in [0.717, 1.165) is 6.42 Å². The fourth-order valence-corrected chi connectivity index (χ4v) is 1.51. The van der Waals surface area contributed by atoms with Crippen molar-refractivity contribution in [3.05, 3.63) is 35.4 Å². The highest BCUT2D eigenvalue weighted by atomic mass is 19.1. The number of rotatable bonds is 4. The highest BCUT2D eigenvalue weighted by molar-refractivity contribution is 5.65. The van der Waals surface area contributed by atoms with Crippen LogP contribution >= 0.6 is 0 Å². The minimum Gasteiger partial charge on any atom is -0.299 e. The van der Waals surface area contributed by atoms with Gasteiger partial charge in [-0.15, -0.1) is 0 Å². The zero-order valence-electron chi connectivity index (χ0n) is 9.46. The molecule has 1 rings (SSSR count). The van der Waals surface area contributed by atoms with E-state index in [0.29, 0.717) is 17.8 Å². The number of aldehydes is 1. The minimum atomic E-state index is -1.86. The maximum absolute atomic E-state index is 13.6. The fraction of sp³-hybridized carbons (Fsp3) is 0.462. The zero-order valence-corrected chi connectivity index (χ0v) is 9.46. The lowest BCUT2D eigenvalue weighted by molar-refractivity contribution is -0.117. The van der Waals surface area contributed by atoms with E-state index < -0.39 is 5.67 Å². The van der Waals surface area contributed by atoms with Crippen LogP contribution in [0.15, 0.2) is 24.3 Å². The number of carbonyl (C=O) groups excluding carboxylic acids is 1. The van der Waals surface area contributed by atoms with E-state index in [4.69, 9.17) is 0 Å². The molecule has 1 aromatic rings. The molecule has 0 N–H and O–H groups in total. The van der Waals surface area contributed by atoms with E-state index in [1.165, 1.54) is 12.5 Å². The van der Waals surface area contributed by atoms with Crippen LogP contribution in [0.3, 0.4) is 0 Å². The van der Waals surface area contributed by atoms with Crippen molar-refractivity contribution in [1.29, 1.82) is 0 Å². The summed E-state index contributed by atoms with van der Waals surface area (Å²) in [5.41, 5.74) is -0.267. The van der Waals surface area contributed by atoms with E-state index in [1.54, 1.807) is 12.1 Å². The highest BCUT2D eigenvalue weighted by Gasteiger charge is 2.24. The van der Waals surface area contributed by atoms with Gasteiger partial charge in [-0.2, -0.15) is 0 Å². The van der Waals surface area contributed by atoms with Gasteiger partial charge >= 0.3 is 0 Å². The number of benzene rings is 1. The first-order valence-electron chi connectivity index (χ1n) is 5.20. The van der Waals surface area contributed by atoms with Crippen molar-refractivity contribution >= 4 is 6.29 Å². The lowest BCUT2D eigenvalue weighted by atomic mass is 9.96. The largest absolute Gasteiger partial charge is 0.299 e. The summed E-state index contributed by atoms with van der Waals surface area (Å²) in [5.74, 6) is 0.582. The van der Waals surface area contributed by atoms with Crippen LogP contribution in [-0.4, -0.2) is 6.29 Å². The van der Waals surface area contributed by atoms with Crippen LogP contribution in [-0.2, 0) is 16.9 Å². The lowest BCUT2D eigenvalue weighted by Crippen LogP contribution is -2.16. The molecular weight excluding hydrogens is 191 g/mol. The molecule has 1 nitrogen and oxygen atoms in total. The molecule has 1 unspecified atom stereocenters. The zero-order chi connectivity index (χ0) is 11.5. The van der Waals surface area contributed by atoms with Gasteiger partial charge in [-0.1, -0.05) is 38.1 Å². The molecule has 1 aromatic carbocycles. The summed E-state index contributed by atoms with van der Waals surface area (Å²) in [6.45, 7) is 5.55. The maximum Gasteiger partial charge on any atom is 0.187 e. The number of alkyl halides is 1. The second kappa shape index (κ2) is 4.56. The predicted molar refractivity (Wildman–Crippen MR) is 59.5 cm³/mol. The molecule has 0 aliphatic heterocycles. The van der Waals surface area contributed by atoms with Gasteiger partial charge in [-0.3, -0.25) is 4.79 Å². The van der Waals surface area contributed by atoms with Crippen LogP contribution in [0.2, 0.25) is 0 Å². The van der Waals surface area contributed by atoms with Crippen molar-refractivity contribution in [3.63, 3.8) is 0 Å². The number of hydrogen-bond donors (Lipinski definition) is 0. The van der Waals surface area contributed by atoms with Gasteiger partial charge in [-0.25, -0.2) is 4.39 Å². The van der Waals surface area contributed by atoms with Crippen molar-refractivity contribution in [2.75, 3.05) is 0 Å². The Morgan fingerprint density at radius 1 is 1.33 bits per heavy atom. The van der Waals surface area contributed by atoms with Crippen LogP contribution in [0.1, 0.15) is 31.9 Å². The molecule has 0 fully saturated rings. The quantitative estimate of drug-likeness (QED) is 0.694. The lowest BCUT2D eigenvalue weighted by Gasteiger charge is -2.13. The van der Waals surface area contributed by atoms with Crippen molar-refractivity contribution in [1.82, 2.24) is 0 Å². The first-order chi connectivity index (χ1) is 6.95. The van der Waals surface area contributed by atoms with Gasteiger partial charge in [0.25, 0.3) is 0 Å². The van der Waals surface area contributed by atoms with Gasteiger partial charge in [-0.05, 0) is 30.4 Å². The van der Waals surface area contributed by atoms with Crippen LogP contribution in [0, 0.1) is 5.92 Å². The summed E-state index contributed by atoms with van der Waals surface area (Å²) in [4.78, 5) is 10.5. The van der Waals surface area contributed by atoms with Crippen LogP contribution in [0.5, 0.6) is 0 Å². The van der Waals surface area contributed by atoms with Gasteiger partial charge in [0.05, 0.1) is 0 Å². The maximum atomic E-state index is 13.6.